The van der Waals surface area contributed by atoms with Crippen molar-refractivity contribution in [2.75, 3.05) is 45.2 Å². The highest BCUT2D eigenvalue weighted by atomic mass is 19.1. The second kappa shape index (κ2) is 10.8. The minimum absolute atomic E-state index is 0.344. The van der Waals surface area contributed by atoms with Gasteiger partial charge in [-0.05, 0) is 56.2 Å². The lowest BCUT2D eigenvalue weighted by Gasteiger charge is -2.37. The maximum atomic E-state index is 13.9. The van der Waals surface area contributed by atoms with E-state index in [4.69, 9.17) is 9.57 Å². The molecular formula is C28H34FN5O4. The van der Waals surface area contributed by atoms with Gasteiger partial charge in [-0.25, -0.2) is 14.2 Å². The monoisotopic (exact) mass is 523 g/mol. The van der Waals surface area contributed by atoms with Crippen LogP contribution in [0.15, 0.2) is 48.8 Å². The van der Waals surface area contributed by atoms with E-state index in [0.717, 1.165) is 16.9 Å². The first-order chi connectivity index (χ1) is 18.0. The number of benzene rings is 1. The molecular weight excluding hydrogens is 489 g/mol. The van der Waals surface area contributed by atoms with Crippen molar-refractivity contribution in [3.63, 3.8) is 0 Å². The molecule has 0 radical (unpaired) electrons. The van der Waals surface area contributed by atoms with Gasteiger partial charge in [-0.3, -0.25) is 14.6 Å². The first-order valence-electron chi connectivity index (χ1n) is 12.5. The van der Waals surface area contributed by atoms with Gasteiger partial charge in [0.05, 0.1) is 7.11 Å². The summed E-state index contributed by atoms with van der Waals surface area (Å²) in [7, 11) is 4.82. The van der Waals surface area contributed by atoms with Gasteiger partial charge in [-0.2, -0.15) is 0 Å². The van der Waals surface area contributed by atoms with Gasteiger partial charge in [0.2, 0.25) is 0 Å². The number of amides is 2. The fourth-order valence-electron chi connectivity index (χ4n) is 4.64. The van der Waals surface area contributed by atoms with Crippen molar-refractivity contribution in [1.29, 1.82) is 0 Å². The summed E-state index contributed by atoms with van der Waals surface area (Å²) >= 11 is 0. The Labute approximate surface area is 222 Å². The number of hydrogen-bond donors (Lipinski definition) is 0. The topological polar surface area (TPSA) is 80.1 Å². The van der Waals surface area contributed by atoms with Crippen LogP contribution in [0.3, 0.4) is 0 Å². The molecule has 202 valence electrons. The second-order valence-corrected chi connectivity index (χ2v) is 10.2. The molecule has 0 atom stereocenters. The number of anilines is 1. The van der Waals surface area contributed by atoms with E-state index in [0.29, 0.717) is 43.0 Å². The van der Waals surface area contributed by atoms with Crippen LogP contribution in [-0.4, -0.2) is 77.5 Å². The van der Waals surface area contributed by atoms with Crippen LogP contribution >= 0.6 is 0 Å². The van der Waals surface area contributed by atoms with Gasteiger partial charge in [0, 0.05) is 63.8 Å². The molecule has 9 nitrogen and oxygen atoms in total. The Bertz CT molecular complexity index is 1290. The van der Waals surface area contributed by atoms with Gasteiger partial charge >= 0.3 is 6.09 Å². The summed E-state index contributed by atoms with van der Waals surface area (Å²) in [6, 6.07) is 9.87. The van der Waals surface area contributed by atoms with Crippen LogP contribution in [-0.2, 0) is 16.6 Å². The van der Waals surface area contributed by atoms with Crippen LogP contribution in [0.25, 0.3) is 22.3 Å². The standard InChI is InChI=1S/C28H34FN5O4/c1-28(2,3)38-27(36)34-17-15-33(16-18-34)25-23(20-11-13-30-14-12-20)22(19-7-9-21(29)10-8-19)24(31(25)4)26(35)32(5)37-6/h7-14H,15-18H2,1-6H3. The molecule has 0 spiro atoms. The zero-order valence-corrected chi connectivity index (χ0v) is 22.7. The highest BCUT2D eigenvalue weighted by Gasteiger charge is 2.34. The van der Waals surface area contributed by atoms with Crippen molar-refractivity contribution in [2.24, 2.45) is 7.05 Å². The number of hydrogen-bond acceptors (Lipinski definition) is 6. The highest BCUT2D eigenvalue weighted by molar-refractivity contribution is 6.07. The molecule has 4 rings (SSSR count). The van der Waals surface area contributed by atoms with Crippen molar-refractivity contribution >= 4 is 17.8 Å². The third-order valence-electron chi connectivity index (χ3n) is 6.46. The minimum Gasteiger partial charge on any atom is -0.444 e. The molecule has 1 fully saturated rings. The molecule has 10 heteroatoms. The molecule has 1 saturated heterocycles. The van der Waals surface area contributed by atoms with E-state index in [1.165, 1.54) is 24.3 Å². The number of halogens is 1. The molecule has 0 bridgehead atoms. The van der Waals surface area contributed by atoms with Crippen LogP contribution in [0.2, 0.25) is 0 Å². The van der Waals surface area contributed by atoms with E-state index < -0.39 is 5.60 Å². The molecule has 0 N–H and O–H groups in total. The summed E-state index contributed by atoms with van der Waals surface area (Å²) in [6.45, 7) is 7.53. The quantitative estimate of drug-likeness (QED) is 0.456. The number of rotatable bonds is 5. The van der Waals surface area contributed by atoms with Gasteiger partial charge in [-0.1, -0.05) is 12.1 Å². The lowest BCUT2D eigenvalue weighted by molar-refractivity contribution is -0.0761. The molecule has 1 aliphatic rings. The number of pyridine rings is 1. The van der Waals surface area contributed by atoms with Gasteiger partial charge < -0.3 is 19.1 Å². The predicted molar refractivity (Wildman–Crippen MR) is 143 cm³/mol. The largest absolute Gasteiger partial charge is 0.444 e. The SMILES string of the molecule is CON(C)C(=O)c1c(-c2ccc(F)cc2)c(-c2ccncc2)c(N2CCN(C(=O)OC(C)(C)C)CC2)n1C. The molecule has 2 aromatic heterocycles. The summed E-state index contributed by atoms with van der Waals surface area (Å²) in [4.78, 5) is 39.5. The number of piperazine rings is 1. The fraction of sp³-hybridized carbons (Fsp3) is 0.393. The summed E-state index contributed by atoms with van der Waals surface area (Å²) in [6.07, 6.45) is 3.05. The summed E-state index contributed by atoms with van der Waals surface area (Å²) in [5, 5.41) is 1.17. The number of hydroxylamine groups is 2. The van der Waals surface area contributed by atoms with Crippen LogP contribution in [0.5, 0.6) is 0 Å². The average molecular weight is 524 g/mol. The van der Waals surface area contributed by atoms with E-state index in [1.807, 2.05) is 44.5 Å². The average Bonchev–Trinajstić information content (AvgIpc) is 3.20. The lowest BCUT2D eigenvalue weighted by Crippen LogP contribution is -2.50. The number of aromatic nitrogens is 2. The van der Waals surface area contributed by atoms with Gasteiger partial charge in [0.25, 0.3) is 5.91 Å². The summed E-state index contributed by atoms with van der Waals surface area (Å²) in [5.74, 6) is 0.103. The van der Waals surface area contributed by atoms with E-state index in [-0.39, 0.29) is 17.8 Å². The van der Waals surface area contributed by atoms with Crippen molar-refractivity contribution in [3.8, 4) is 22.3 Å². The Morgan fingerprint density at radius 2 is 1.53 bits per heavy atom. The fourth-order valence-corrected chi connectivity index (χ4v) is 4.64. The minimum atomic E-state index is -0.576. The van der Waals surface area contributed by atoms with E-state index in [2.05, 4.69) is 9.88 Å². The van der Waals surface area contributed by atoms with Crippen molar-refractivity contribution in [3.05, 3.63) is 60.3 Å². The van der Waals surface area contributed by atoms with Crippen LogP contribution < -0.4 is 4.90 Å². The molecule has 0 aliphatic carbocycles. The van der Waals surface area contributed by atoms with Crippen molar-refractivity contribution < 1.29 is 23.6 Å². The first kappa shape index (κ1) is 27.1. The molecule has 2 amide bonds. The number of carbonyl (C=O) groups is 2. The van der Waals surface area contributed by atoms with Crippen LogP contribution in [0.1, 0.15) is 31.3 Å². The molecule has 38 heavy (non-hydrogen) atoms. The lowest BCUT2D eigenvalue weighted by atomic mass is 9.96. The smallest absolute Gasteiger partial charge is 0.410 e. The third-order valence-corrected chi connectivity index (χ3v) is 6.46. The highest BCUT2D eigenvalue weighted by Crippen LogP contribution is 2.44. The molecule has 1 aromatic carbocycles. The summed E-state index contributed by atoms with van der Waals surface area (Å²) < 4.78 is 21.3. The van der Waals surface area contributed by atoms with Crippen LogP contribution in [0, 0.1) is 5.82 Å². The zero-order valence-electron chi connectivity index (χ0n) is 22.7. The molecule has 0 saturated carbocycles. The van der Waals surface area contributed by atoms with Crippen molar-refractivity contribution in [1.82, 2.24) is 19.5 Å². The molecule has 3 heterocycles. The van der Waals surface area contributed by atoms with Gasteiger partial charge in [0.15, 0.2) is 0 Å². The maximum Gasteiger partial charge on any atom is 0.410 e. The molecule has 0 unspecified atom stereocenters. The molecule has 3 aromatic rings. The number of nitrogens with zero attached hydrogens (tertiary/aromatic N) is 5. The normalized spacial score (nSPS) is 14.0. The second-order valence-electron chi connectivity index (χ2n) is 10.2. The number of carbonyl (C=O) groups excluding carboxylic acids is 2. The first-order valence-corrected chi connectivity index (χ1v) is 12.5. The predicted octanol–water partition coefficient (Wildman–Crippen LogP) is 4.58. The van der Waals surface area contributed by atoms with E-state index in [1.54, 1.807) is 36.5 Å². The van der Waals surface area contributed by atoms with Crippen molar-refractivity contribution in [2.45, 2.75) is 26.4 Å². The Morgan fingerprint density at radius 1 is 0.947 bits per heavy atom. The Balaban J connectivity index is 1.85. The summed E-state index contributed by atoms with van der Waals surface area (Å²) in [5.41, 5.74) is 2.86. The third kappa shape index (κ3) is 5.50. The Morgan fingerprint density at radius 3 is 2.08 bits per heavy atom. The van der Waals surface area contributed by atoms with Crippen LogP contribution in [0.4, 0.5) is 15.0 Å². The Hall–Kier alpha value is -3.92. The van der Waals surface area contributed by atoms with E-state index in [9.17, 15) is 14.0 Å². The van der Waals surface area contributed by atoms with E-state index >= 15 is 0 Å². The zero-order chi connectivity index (χ0) is 27.6. The van der Waals surface area contributed by atoms with Gasteiger partial charge in [-0.15, -0.1) is 0 Å². The molecule has 1 aliphatic heterocycles. The Kier molecular flexibility index (Phi) is 7.73. The number of ether oxygens (including phenoxy) is 1. The van der Waals surface area contributed by atoms with Gasteiger partial charge in [0.1, 0.15) is 22.9 Å². The maximum absolute atomic E-state index is 13.9.